The highest BCUT2D eigenvalue weighted by Crippen LogP contribution is 2.35. The average Bonchev–Trinajstić information content (AvgIpc) is 2.52. The largest absolute Gasteiger partial charge is 0.480 e. The molecule has 8 heteroatoms. The fourth-order valence-corrected chi connectivity index (χ4v) is 2.92. The van der Waals surface area contributed by atoms with Gasteiger partial charge in [-0.05, 0) is 22.7 Å². The van der Waals surface area contributed by atoms with Gasteiger partial charge in [-0.15, -0.1) is 11.5 Å². The van der Waals surface area contributed by atoms with E-state index in [0.717, 1.165) is 12.1 Å². The zero-order chi connectivity index (χ0) is 21.8. The first kappa shape index (κ1) is 23.8. The lowest BCUT2D eigenvalue weighted by molar-refractivity contribution is -0.141. The predicted octanol–water partition coefficient (Wildman–Crippen LogP) is 4.26. The SMILES string of the molecule is CC(C)(C)[Si](C)(C)C#CC[C@@H](NC(=O)Cc1ccc(C(F)(F)F)cc1)C(=O)O. The maximum absolute atomic E-state index is 12.6. The fraction of sp³-hybridized carbons (Fsp3) is 0.500. The molecule has 0 aromatic heterocycles. The van der Waals surface area contributed by atoms with E-state index in [9.17, 15) is 27.9 Å². The summed E-state index contributed by atoms with van der Waals surface area (Å²) in [6, 6.07) is 3.02. The highest BCUT2D eigenvalue weighted by Gasteiger charge is 2.34. The van der Waals surface area contributed by atoms with Gasteiger partial charge in [0.25, 0.3) is 0 Å². The molecule has 0 aliphatic carbocycles. The van der Waals surface area contributed by atoms with Crippen molar-refractivity contribution < 1.29 is 27.9 Å². The number of benzene rings is 1. The third-order valence-electron chi connectivity index (χ3n) is 4.86. The van der Waals surface area contributed by atoms with Gasteiger partial charge in [-0.1, -0.05) is 46.0 Å². The van der Waals surface area contributed by atoms with Crippen LogP contribution in [0.2, 0.25) is 18.1 Å². The lowest BCUT2D eigenvalue weighted by Gasteiger charge is -2.31. The van der Waals surface area contributed by atoms with Crippen molar-refractivity contribution in [3.8, 4) is 11.5 Å². The monoisotopic (exact) mass is 413 g/mol. The summed E-state index contributed by atoms with van der Waals surface area (Å²) in [4.78, 5) is 23.5. The van der Waals surface area contributed by atoms with Crippen LogP contribution in [0.1, 0.15) is 38.3 Å². The van der Waals surface area contributed by atoms with Crippen LogP contribution in [0.25, 0.3) is 0 Å². The molecular weight excluding hydrogens is 387 g/mol. The van der Waals surface area contributed by atoms with Crippen LogP contribution in [-0.2, 0) is 22.2 Å². The van der Waals surface area contributed by atoms with E-state index in [1.807, 2.05) is 0 Å². The minimum absolute atomic E-state index is 0.0272. The van der Waals surface area contributed by atoms with E-state index >= 15 is 0 Å². The van der Waals surface area contributed by atoms with Crippen LogP contribution in [0.15, 0.2) is 24.3 Å². The molecule has 0 bridgehead atoms. The van der Waals surface area contributed by atoms with Crippen molar-refractivity contribution in [3.63, 3.8) is 0 Å². The second-order valence-corrected chi connectivity index (χ2v) is 13.2. The van der Waals surface area contributed by atoms with Crippen LogP contribution in [0.5, 0.6) is 0 Å². The van der Waals surface area contributed by atoms with Gasteiger partial charge < -0.3 is 10.4 Å². The average molecular weight is 414 g/mol. The molecule has 2 N–H and O–H groups in total. The molecule has 1 amide bonds. The quantitative estimate of drug-likeness (QED) is 0.560. The molecule has 0 saturated heterocycles. The Morgan fingerprint density at radius 3 is 2.11 bits per heavy atom. The molecule has 0 radical (unpaired) electrons. The molecule has 0 unspecified atom stereocenters. The van der Waals surface area contributed by atoms with Crippen molar-refractivity contribution in [2.75, 3.05) is 0 Å². The summed E-state index contributed by atoms with van der Waals surface area (Å²) in [6.07, 6.45) is -4.68. The van der Waals surface area contributed by atoms with Gasteiger partial charge in [0.15, 0.2) is 0 Å². The van der Waals surface area contributed by atoms with Gasteiger partial charge in [-0.25, -0.2) is 4.79 Å². The topological polar surface area (TPSA) is 66.4 Å². The minimum Gasteiger partial charge on any atom is -0.480 e. The molecule has 0 heterocycles. The molecule has 1 aromatic rings. The van der Waals surface area contributed by atoms with E-state index in [1.165, 1.54) is 12.1 Å². The maximum atomic E-state index is 12.6. The van der Waals surface area contributed by atoms with E-state index in [0.29, 0.717) is 5.56 Å². The van der Waals surface area contributed by atoms with Crippen molar-refractivity contribution in [3.05, 3.63) is 35.4 Å². The smallest absolute Gasteiger partial charge is 0.416 e. The molecule has 0 aliphatic rings. The minimum atomic E-state index is -4.45. The number of halogens is 3. The van der Waals surface area contributed by atoms with E-state index in [-0.39, 0.29) is 17.9 Å². The van der Waals surface area contributed by atoms with Crippen molar-refractivity contribution in [1.29, 1.82) is 0 Å². The lowest BCUT2D eigenvalue weighted by atomic mass is 10.1. The zero-order valence-electron chi connectivity index (χ0n) is 16.7. The Bertz CT molecular complexity index is 769. The Hall–Kier alpha value is -2.27. The number of carbonyl (C=O) groups is 2. The zero-order valence-corrected chi connectivity index (χ0v) is 17.7. The fourth-order valence-electron chi connectivity index (χ4n) is 2.00. The van der Waals surface area contributed by atoms with Crippen molar-refractivity contribution in [2.45, 2.75) is 64.0 Å². The molecule has 0 fully saturated rings. The normalized spacial score (nSPS) is 13.3. The van der Waals surface area contributed by atoms with Crippen molar-refractivity contribution >= 4 is 20.0 Å². The summed E-state index contributed by atoms with van der Waals surface area (Å²) in [5.74, 6) is 1.11. The van der Waals surface area contributed by atoms with Gasteiger partial charge in [0.2, 0.25) is 5.91 Å². The Morgan fingerprint density at radius 1 is 1.14 bits per heavy atom. The highest BCUT2D eigenvalue weighted by molar-refractivity contribution is 6.87. The van der Waals surface area contributed by atoms with Gasteiger partial charge in [0.05, 0.1) is 12.0 Å². The van der Waals surface area contributed by atoms with Gasteiger partial charge in [-0.2, -0.15) is 13.2 Å². The van der Waals surface area contributed by atoms with E-state index in [4.69, 9.17) is 0 Å². The van der Waals surface area contributed by atoms with E-state index in [1.54, 1.807) is 0 Å². The molecule has 1 aromatic carbocycles. The Balaban J connectivity index is 2.75. The highest BCUT2D eigenvalue weighted by atomic mass is 28.3. The van der Waals surface area contributed by atoms with E-state index in [2.05, 4.69) is 50.6 Å². The number of amides is 1. The molecule has 0 saturated carbocycles. The van der Waals surface area contributed by atoms with Gasteiger partial charge >= 0.3 is 12.1 Å². The van der Waals surface area contributed by atoms with Crippen LogP contribution >= 0.6 is 0 Å². The molecule has 4 nitrogen and oxygen atoms in total. The second kappa shape index (κ2) is 8.82. The van der Waals surface area contributed by atoms with Crippen LogP contribution < -0.4 is 5.32 Å². The summed E-state index contributed by atoms with van der Waals surface area (Å²) in [7, 11) is -1.89. The number of hydrogen-bond donors (Lipinski definition) is 2. The number of alkyl halides is 3. The molecule has 154 valence electrons. The Kier molecular flexibility index (Phi) is 7.49. The standard InChI is InChI=1S/C20H26F3NO3Si/c1-19(2,3)28(4,5)12-6-7-16(18(26)27)24-17(25)13-14-8-10-15(11-9-14)20(21,22)23/h8-11,16H,7,13H2,1-5H3,(H,24,25)(H,26,27)/t16-/m1/s1. The van der Waals surface area contributed by atoms with Crippen molar-refractivity contribution in [1.82, 2.24) is 5.32 Å². The Labute approximate surface area is 164 Å². The van der Waals surface area contributed by atoms with Crippen molar-refractivity contribution in [2.24, 2.45) is 0 Å². The molecule has 0 aliphatic heterocycles. The van der Waals surface area contributed by atoms with Crippen LogP contribution in [0.4, 0.5) is 13.2 Å². The number of hydrogen-bond acceptors (Lipinski definition) is 2. The summed E-state index contributed by atoms with van der Waals surface area (Å²) in [5.41, 5.74) is 2.75. The molecule has 1 atom stereocenters. The van der Waals surface area contributed by atoms with Gasteiger partial charge in [-0.3, -0.25) is 4.79 Å². The second-order valence-electron chi connectivity index (χ2n) is 8.21. The number of carboxylic acid groups (broad SMARTS) is 1. The number of rotatable bonds is 5. The van der Waals surface area contributed by atoms with Crippen LogP contribution in [0, 0.1) is 11.5 Å². The van der Waals surface area contributed by atoms with Crippen LogP contribution in [-0.4, -0.2) is 31.1 Å². The molecule has 0 spiro atoms. The predicted molar refractivity (Wildman–Crippen MR) is 104 cm³/mol. The first-order chi connectivity index (χ1) is 12.6. The summed E-state index contributed by atoms with van der Waals surface area (Å²) >= 11 is 0. The number of carboxylic acids is 1. The third kappa shape index (κ3) is 7.04. The van der Waals surface area contributed by atoms with E-state index < -0.39 is 37.7 Å². The molecular formula is C20H26F3NO3Si. The maximum Gasteiger partial charge on any atom is 0.416 e. The summed E-state index contributed by atoms with van der Waals surface area (Å²) < 4.78 is 37.7. The molecule has 1 rings (SSSR count). The Morgan fingerprint density at radius 2 is 1.68 bits per heavy atom. The molecule has 28 heavy (non-hydrogen) atoms. The third-order valence-corrected chi connectivity index (χ3v) is 9.41. The lowest BCUT2D eigenvalue weighted by Crippen LogP contribution is -2.41. The van der Waals surface area contributed by atoms with Gasteiger partial charge in [0.1, 0.15) is 14.1 Å². The van der Waals surface area contributed by atoms with Crippen LogP contribution in [0.3, 0.4) is 0 Å². The summed E-state index contributed by atoms with van der Waals surface area (Å²) in [6.45, 7) is 10.5. The van der Waals surface area contributed by atoms with Gasteiger partial charge in [0, 0.05) is 6.42 Å². The number of carbonyl (C=O) groups excluding carboxylic acids is 1. The number of aliphatic carboxylic acids is 1. The summed E-state index contributed by atoms with van der Waals surface area (Å²) in [5, 5.41) is 11.7. The first-order valence-electron chi connectivity index (χ1n) is 8.82. The first-order valence-corrected chi connectivity index (χ1v) is 11.8. The number of nitrogens with one attached hydrogen (secondary N) is 1.